The van der Waals surface area contributed by atoms with Crippen LogP contribution in [0.5, 0.6) is 0 Å². The standard InChI is InChI=1S/C12H8ClN3O/c13-10-11(17-16-12(10)14)8-3-4-9-7(6-8)2-1-5-15-9/h1-6H,(H2,14,16). The first-order valence-electron chi connectivity index (χ1n) is 5.01. The molecule has 0 saturated heterocycles. The molecule has 0 bridgehead atoms. The Morgan fingerprint density at radius 3 is 2.88 bits per heavy atom. The Morgan fingerprint density at radius 2 is 2.12 bits per heavy atom. The number of nitrogens with two attached hydrogens (primary N) is 1. The van der Waals surface area contributed by atoms with Gasteiger partial charge in [-0.25, -0.2) is 0 Å². The summed E-state index contributed by atoms with van der Waals surface area (Å²) in [6.45, 7) is 0. The van der Waals surface area contributed by atoms with E-state index in [4.69, 9.17) is 21.9 Å². The van der Waals surface area contributed by atoms with Crippen LogP contribution in [-0.4, -0.2) is 10.1 Å². The molecule has 5 heteroatoms. The van der Waals surface area contributed by atoms with E-state index in [1.165, 1.54) is 0 Å². The van der Waals surface area contributed by atoms with Gasteiger partial charge in [-0.2, -0.15) is 0 Å². The third-order valence-electron chi connectivity index (χ3n) is 2.52. The minimum absolute atomic E-state index is 0.202. The lowest BCUT2D eigenvalue weighted by Gasteiger charge is -1.99. The Bertz CT molecular complexity index is 693. The lowest BCUT2D eigenvalue weighted by atomic mass is 10.1. The number of benzene rings is 1. The van der Waals surface area contributed by atoms with Crippen molar-refractivity contribution in [3.63, 3.8) is 0 Å². The summed E-state index contributed by atoms with van der Waals surface area (Å²) in [6, 6.07) is 9.57. The number of halogens is 1. The van der Waals surface area contributed by atoms with Gasteiger partial charge >= 0.3 is 0 Å². The number of hydrogen-bond acceptors (Lipinski definition) is 4. The summed E-state index contributed by atoms with van der Waals surface area (Å²) in [7, 11) is 0. The molecule has 2 heterocycles. The second-order valence-corrected chi connectivity index (χ2v) is 4.00. The van der Waals surface area contributed by atoms with E-state index >= 15 is 0 Å². The number of nitrogens with zero attached hydrogens (tertiary/aromatic N) is 2. The smallest absolute Gasteiger partial charge is 0.187 e. The third-order valence-corrected chi connectivity index (χ3v) is 2.89. The number of fused-ring (bicyclic) bond motifs is 1. The van der Waals surface area contributed by atoms with E-state index in [1.54, 1.807) is 6.20 Å². The lowest BCUT2D eigenvalue weighted by Crippen LogP contribution is -1.83. The lowest BCUT2D eigenvalue weighted by molar-refractivity contribution is 0.436. The van der Waals surface area contributed by atoms with Crippen molar-refractivity contribution in [2.75, 3.05) is 5.73 Å². The Hall–Kier alpha value is -2.07. The third kappa shape index (κ3) is 1.62. The maximum Gasteiger partial charge on any atom is 0.187 e. The molecule has 0 spiro atoms. The molecule has 3 aromatic rings. The average Bonchev–Trinajstić information content (AvgIpc) is 2.70. The van der Waals surface area contributed by atoms with Crippen LogP contribution in [0.1, 0.15) is 0 Å². The van der Waals surface area contributed by atoms with Gasteiger partial charge in [0.25, 0.3) is 0 Å². The van der Waals surface area contributed by atoms with Crippen molar-refractivity contribution < 1.29 is 4.52 Å². The van der Waals surface area contributed by atoms with Crippen LogP contribution >= 0.6 is 11.6 Å². The van der Waals surface area contributed by atoms with Crippen molar-refractivity contribution >= 4 is 28.3 Å². The van der Waals surface area contributed by atoms with Crippen molar-refractivity contribution in [2.24, 2.45) is 0 Å². The Kier molecular flexibility index (Phi) is 2.23. The minimum Gasteiger partial charge on any atom is -0.380 e. The van der Waals surface area contributed by atoms with Gasteiger partial charge < -0.3 is 10.3 Å². The molecule has 0 unspecified atom stereocenters. The number of hydrogen-bond donors (Lipinski definition) is 1. The quantitative estimate of drug-likeness (QED) is 0.715. The van der Waals surface area contributed by atoms with E-state index in [0.717, 1.165) is 16.5 Å². The number of nitrogen functional groups attached to an aromatic ring is 1. The first-order valence-corrected chi connectivity index (χ1v) is 5.39. The van der Waals surface area contributed by atoms with Gasteiger partial charge in [-0.05, 0) is 24.3 Å². The van der Waals surface area contributed by atoms with Gasteiger partial charge in [0.15, 0.2) is 11.6 Å². The molecule has 0 saturated carbocycles. The predicted molar refractivity (Wildman–Crippen MR) is 66.7 cm³/mol. The van der Waals surface area contributed by atoms with Crippen LogP contribution in [0.3, 0.4) is 0 Å². The maximum atomic E-state index is 6.00. The highest BCUT2D eigenvalue weighted by Gasteiger charge is 2.13. The molecule has 3 rings (SSSR count). The highest BCUT2D eigenvalue weighted by Crippen LogP contribution is 2.33. The molecule has 1 aromatic carbocycles. The molecule has 4 nitrogen and oxygen atoms in total. The average molecular weight is 246 g/mol. The molecule has 0 aliphatic rings. The van der Waals surface area contributed by atoms with Gasteiger partial charge in [0, 0.05) is 17.1 Å². The molecule has 0 aliphatic heterocycles. The van der Waals surface area contributed by atoms with Crippen molar-refractivity contribution in [1.29, 1.82) is 0 Å². The highest BCUT2D eigenvalue weighted by molar-refractivity contribution is 6.35. The molecule has 0 fully saturated rings. The zero-order valence-corrected chi connectivity index (χ0v) is 9.48. The van der Waals surface area contributed by atoms with Crippen LogP contribution in [0.4, 0.5) is 5.82 Å². The summed E-state index contributed by atoms with van der Waals surface area (Å²) in [4.78, 5) is 4.24. The zero-order valence-electron chi connectivity index (χ0n) is 8.72. The van der Waals surface area contributed by atoms with Crippen LogP contribution in [0, 0.1) is 0 Å². The Morgan fingerprint density at radius 1 is 1.24 bits per heavy atom. The zero-order chi connectivity index (χ0) is 11.8. The fourth-order valence-corrected chi connectivity index (χ4v) is 1.87. The van der Waals surface area contributed by atoms with E-state index in [-0.39, 0.29) is 5.82 Å². The monoisotopic (exact) mass is 245 g/mol. The van der Waals surface area contributed by atoms with Gasteiger partial charge in [0.2, 0.25) is 0 Å². The van der Waals surface area contributed by atoms with Gasteiger partial charge in [-0.3, -0.25) is 4.98 Å². The largest absolute Gasteiger partial charge is 0.380 e. The molecule has 0 atom stereocenters. The minimum atomic E-state index is 0.202. The van der Waals surface area contributed by atoms with E-state index in [1.807, 2.05) is 30.3 Å². The summed E-state index contributed by atoms with van der Waals surface area (Å²) in [6.07, 6.45) is 1.75. The van der Waals surface area contributed by atoms with Crippen molar-refractivity contribution in [1.82, 2.24) is 10.1 Å². The summed E-state index contributed by atoms with van der Waals surface area (Å²) >= 11 is 6.00. The van der Waals surface area contributed by atoms with Gasteiger partial charge in [0.1, 0.15) is 5.02 Å². The SMILES string of the molecule is Nc1noc(-c2ccc3ncccc3c2)c1Cl. The fourth-order valence-electron chi connectivity index (χ4n) is 1.69. The molecule has 0 amide bonds. The number of pyridine rings is 1. The van der Waals surface area contributed by atoms with Crippen LogP contribution in [0.2, 0.25) is 5.02 Å². The first-order chi connectivity index (χ1) is 8.25. The number of rotatable bonds is 1. The summed E-state index contributed by atoms with van der Waals surface area (Å²) in [5.74, 6) is 0.683. The van der Waals surface area contributed by atoms with Crippen molar-refractivity contribution in [3.05, 3.63) is 41.6 Å². The van der Waals surface area contributed by atoms with Crippen LogP contribution in [0.25, 0.3) is 22.2 Å². The second-order valence-electron chi connectivity index (χ2n) is 3.62. The normalized spacial score (nSPS) is 10.9. The van der Waals surface area contributed by atoms with Crippen LogP contribution in [-0.2, 0) is 0 Å². The predicted octanol–water partition coefficient (Wildman–Crippen LogP) is 3.13. The Balaban J connectivity index is 2.21. The molecule has 17 heavy (non-hydrogen) atoms. The van der Waals surface area contributed by atoms with E-state index in [9.17, 15) is 0 Å². The fraction of sp³-hybridized carbons (Fsp3) is 0. The van der Waals surface area contributed by atoms with Gasteiger partial charge in [-0.15, -0.1) is 0 Å². The molecule has 2 N–H and O–H groups in total. The summed E-state index contributed by atoms with van der Waals surface area (Å²) < 4.78 is 5.10. The molecular weight excluding hydrogens is 238 g/mol. The van der Waals surface area contributed by atoms with E-state index in [0.29, 0.717) is 10.8 Å². The van der Waals surface area contributed by atoms with Crippen molar-refractivity contribution in [2.45, 2.75) is 0 Å². The summed E-state index contributed by atoms with van der Waals surface area (Å²) in [5, 5.41) is 4.98. The molecular formula is C12H8ClN3O. The highest BCUT2D eigenvalue weighted by atomic mass is 35.5. The molecule has 84 valence electrons. The first kappa shape index (κ1) is 10.1. The van der Waals surface area contributed by atoms with E-state index < -0.39 is 0 Å². The Labute approximate surface area is 102 Å². The number of anilines is 1. The van der Waals surface area contributed by atoms with Gasteiger partial charge in [0.05, 0.1) is 5.52 Å². The van der Waals surface area contributed by atoms with E-state index in [2.05, 4.69) is 10.1 Å². The maximum absolute atomic E-state index is 6.00. The summed E-state index contributed by atoms with van der Waals surface area (Å²) in [5.41, 5.74) is 7.29. The molecule has 0 radical (unpaired) electrons. The number of aromatic nitrogens is 2. The molecule has 2 aromatic heterocycles. The van der Waals surface area contributed by atoms with Gasteiger partial charge in [-0.1, -0.05) is 22.8 Å². The second kappa shape index (κ2) is 3.75. The molecule has 0 aliphatic carbocycles. The van der Waals surface area contributed by atoms with Crippen LogP contribution in [0.15, 0.2) is 41.1 Å². The van der Waals surface area contributed by atoms with Crippen LogP contribution < -0.4 is 5.73 Å². The van der Waals surface area contributed by atoms with Crippen molar-refractivity contribution in [3.8, 4) is 11.3 Å². The topological polar surface area (TPSA) is 64.9 Å².